The van der Waals surface area contributed by atoms with Crippen molar-refractivity contribution in [2.75, 3.05) is 13.6 Å². The van der Waals surface area contributed by atoms with Gasteiger partial charge < -0.3 is 10.6 Å². The van der Waals surface area contributed by atoms with Gasteiger partial charge in [-0.25, -0.2) is 8.78 Å². The molecular weight excluding hydrogens is 248 g/mol. The van der Waals surface area contributed by atoms with Crippen molar-refractivity contribution in [2.45, 2.75) is 32.7 Å². The minimum Gasteiger partial charge on any atom is -0.356 e. The van der Waals surface area contributed by atoms with Crippen LogP contribution in [0.15, 0.2) is 23.2 Å². The van der Waals surface area contributed by atoms with E-state index in [4.69, 9.17) is 0 Å². The lowest BCUT2D eigenvalue weighted by Crippen LogP contribution is -2.48. The third kappa shape index (κ3) is 5.24. The van der Waals surface area contributed by atoms with Crippen LogP contribution in [0.3, 0.4) is 0 Å². The van der Waals surface area contributed by atoms with Gasteiger partial charge in [-0.15, -0.1) is 0 Å². The van der Waals surface area contributed by atoms with Gasteiger partial charge in [0.15, 0.2) is 17.6 Å². The molecule has 1 rings (SSSR count). The summed E-state index contributed by atoms with van der Waals surface area (Å²) < 4.78 is 26.5. The molecule has 0 amide bonds. The van der Waals surface area contributed by atoms with Crippen molar-refractivity contribution in [3.8, 4) is 0 Å². The second-order valence-corrected chi connectivity index (χ2v) is 5.34. The Labute approximate surface area is 113 Å². The van der Waals surface area contributed by atoms with Gasteiger partial charge in [0, 0.05) is 19.1 Å². The van der Waals surface area contributed by atoms with Gasteiger partial charge in [-0.3, -0.25) is 4.99 Å². The molecule has 3 nitrogen and oxygen atoms in total. The maximum Gasteiger partial charge on any atom is 0.191 e. The van der Waals surface area contributed by atoms with E-state index in [9.17, 15) is 8.78 Å². The first-order chi connectivity index (χ1) is 8.83. The predicted molar refractivity (Wildman–Crippen MR) is 74.3 cm³/mol. The average Bonchev–Trinajstić information content (AvgIpc) is 2.31. The highest BCUT2D eigenvalue weighted by atomic mass is 19.2. The van der Waals surface area contributed by atoms with Crippen molar-refractivity contribution in [1.29, 1.82) is 0 Å². The lowest BCUT2D eigenvalue weighted by molar-refractivity contribution is 0.494. The summed E-state index contributed by atoms with van der Waals surface area (Å²) in [6.45, 7) is 6.54. The van der Waals surface area contributed by atoms with E-state index >= 15 is 0 Å². The smallest absolute Gasteiger partial charge is 0.191 e. The van der Waals surface area contributed by atoms with Crippen LogP contribution in [0.25, 0.3) is 0 Å². The minimum atomic E-state index is -0.810. The molecule has 0 heterocycles. The molecule has 0 aliphatic heterocycles. The maximum absolute atomic E-state index is 13.4. The van der Waals surface area contributed by atoms with Gasteiger partial charge in [0.25, 0.3) is 0 Å². The molecule has 106 valence electrons. The standard InChI is InChI=1S/C14H21F2N3/c1-14(2,3)19-13(17-4)18-9-8-10-6-5-7-11(15)12(10)16/h5-7H,8-9H2,1-4H3,(H2,17,18,19). The molecule has 0 radical (unpaired) electrons. The molecule has 0 saturated carbocycles. The summed E-state index contributed by atoms with van der Waals surface area (Å²) in [6, 6.07) is 4.21. The summed E-state index contributed by atoms with van der Waals surface area (Å²) in [6.07, 6.45) is 0.397. The molecule has 0 aromatic heterocycles. The molecule has 0 spiro atoms. The highest BCUT2D eigenvalue weighted by Gasteiger charge is 2.12. The van der Waals surface area contributed by atoms with Crippen molar-refractivity contribution in [1.82, 2.24) is 10.6 Å². The van der Waals surface area contributed by atoms with Crippen LogP contribution in [0.2, 0.25) is 0 Å². The Morgan fingerprint density at radius 1 is 1.26 bits per heavy atom. The summed E-state index contributed by atoms with van der Waals surface area (Å²) in [4.78, 5) is 4.07. The van der Waals surface area contributed by atoms with Crippen LogP contribution in [0, 0.1) is 11.6 Å². The number of hydrogen-bond donors (Lipinski definition) is 2. The monoisotopic (exact) mass is 269 g/mol. The minimum absolute atomic E-state index is 0.105. The fourth-order valence-corrected chi connectivity index (χ4v) is 1.59. The zero-order valence-electron chi connectivity index (χ0n) is 11.8. The van der Waals surface area contributed by atoms with Gasteiger partial charge in [0.2, 0.25) is 0 Å². The van der Waals surface area contributed by atoms with Crippen LogP contribution < -0.4 is 10.6 Å². The molecule has 0 unspecified atom stereocenters. The Hall–Kier alpha value is -1.65. The van der Waals surface area contributed by atoms with Crippen molar-refractivity contribution >= 4 is 5.96 Å². The van der Waals surface area contributed by atoms with Gasteiger partial charge in [-0.2, -0.15) is 0 Å². The number of nitrogens with zero attached hydrogens (tertiary/aromatic N) is 1. The maximum atomic E-state index is 13.4. The second kappa shape index (κ2) is 6.50. The van der Waals surface area contributed by atoms with Crippen molar-refractivity contribution in [2.24, 2.45) is 4.99 Å². The van der Waals surface area contributed by atoms with Crippen molar-refractivity contribution < 1.29 is 8.78 Å². The molecule has 0 saturated heterocycles. The van der Waals surface area contributed by atoms with Crippen molar-refractivity contribution in [3.63, 3.8) is 0 Å². The Kier molecular flexibility index (Phi) is 5.27. The molecule has 0 bridgehead atoms. The first-order valence-corrected chi connectivity index (χ1v) is 6.25. The van der Waals surface area contributed by atoms with E-state index in [1.807, 2.05) is 20.8 Å². The van der Waals surface area contributed by atoms with Crippen LogP contribution in [0.1, 0.15) is 26.3 Å². The lowest BCUT2D eigenvalue weighted by atomic mass is 10.1. The Morgan fingerprint density at radius 2 is 1.95 bits per heavy atom. The molecule has 2 N–H and O–H groups in total. The van der Waals surface area contributed by atoms with E-state index in [0.29, 0.717) is 24.5 Å². The molecule has 5 heteroatoms. The van der Waals surface area contributed by atoms with Gasteiger partial charge >= 0.3 is 0 Å². The van der Waals surface area contributed by atoms with E-state index in [1.165, 1.54) is 6.07 Å². The summed E-state index contributed by atoms with van der Waals surface area (Å²) in [5, 5.41) is 6.26. The molecular formula is C14H21F2N3. The van der Waals surface area contributed by atoms with Crippen LogP contribution in [0.4, 0.5) is 8.78 Å². The Bertz CT molecular complexity index is 450. The first kappa shape index (κ1) is 15.4. The highest BCUT2D eigenvalue weighted by Crippen LogP contribution is 2.11. The SMILES string of the molecule is CN=C(NCCc1cccc(F)c1F)NC(C)(C)C. The van der Waals surface area contributed by atoms with Gasteiger partial charge in [0.1, 0.15) is 0 Å². The topological polar surface area (TPSA) is 36.4 Å². The van der Waals surface area contributed by atoms with Crippen LogP contribution in [-0.2, 0) is 6.42 Å². The quantitative estimate of drug-likeness (QED) is 0.653. The number of halogens is 2. The number of rotatable bonds is 3. The summed E-state index contributed by atoms with van der Waals surface area (Å²) in [5.41, 5.74) is 0.255. The molecule has 0 atom stereocenters. The van der Waals surface area contributed by atoms with E-state index in [0.717, 1.165) is 6.07 Å². The van der Waals surface area contributed by atoms with Crippen LogP contribution in [-0.4, -0.2) is 25.1 Å². The van der Waals surface area contributed by atoms with Crippen LogP contribution in [0.5, 0.6) is 0 Å². The third-order valence-corrected chi connectivity index (χ3v) is 2.44. The molecule has 0 aliphatic carbocycles. The fourth-order valence-electron chi connectivity index (χ4n) is 1.59. The molecule has 1 aromatic carbocycles. The van der Waals surface area contributed by atoms with E-state index in [1.54, 1.807) is 13.1 Å². The van der Waals surface area contributed by atoms with E-state index in [2.05, 4.69) is 15.6 Å². The summed E-state index contributed by atoms with van der Waals surface area (Å²) >= 11 is 0. The van der Waals surface area contributed by atoms with Gasteiger partial charge in [0.05, 0.1) is 0 Å². The number of nitrogens with one attached hydrogen (secondary N) is 2. The number of hydrogen-bond acceptors (Lipinski definition) is 1. The predicted octanol–water partition coefficient (Wildman–Crippen LogP) is 2.47. The number of aliphatic imine (C=N–C) groups is 1. The Balaban J connectivity index is 2.52. The fraction of sp³-hybridized carbons (Fsp3) is 0.500. The summed E-state index contributed by atoms with van der Waals surface area (Å²) in [5.74, 6) is -0.943. The van der Waals surface area contributed by atoms with Gasteiger partial charge in [-0.05, 0) is 38.8 Å². The number of benzene rings is 1. The van der Waals surface area contributed by atoms with E-state index < -0.39 is 11.6 Å². The molecule has 19 heavy (non-hydrogen) atoms. The molecule has 1 aromatic rings. The summed E-state index contributed by atoms with van der Waals surface area (Å²) in [7, 11) is 1.67. The highest BCUT2D eigenvalue weighted by molar-refractivity contribution is 5.80. The zero-order chi connectivity index (χ0) is 14.5. The number of guanidine groups is 1. The third-order valence-electron chi connectivity index (χ3n) is 2.44. The zero-order valence-corrected chi connectivity index (χ0v) is 11.8. The van der Waals surface area contributed by atoms with Crippen molar-refractivity contribution in [3.05, 3.63) is 35.4 Å². The second-order valence-electron chi connectivity index (χ2n) is 5.34. The molecule has 0 aliphatic rings. The van der Waals surface area contributed by atoms with Gasteiger partial charge in [-0.1, -0.05) is 12.1 Å². The lowest BCUT2D eigenvalue weighted by Gasteiger charge is -2.23. The first-order valence-electron chi connectivity index (χ1n) is 6.25. The normalized spacial score (nSPS) is 12.4. The largest absolute Gasteiger partial charge is 0.356 e. The van der Waals surface area contributed by atoms with E-state index in [-0.39, 0.29) is 5.54 Å². The van der Waals surface area contributed by atoms with Crippen LogP contribution >= 0.6 is 0 Å². The average molecular weight is 269 g/mol. The molecule has 0 fully saturated rings. The Morgan fingerprint density at radius 3 is 2.53 bits per heavy atom.